The van der Waals surface area contributed by atoms with Gasteiger partial charge in [0.2, 0.25) is 0 Å². The van der Waals surface area contributed by atoms with Crippen LogP contribution < -0.4 is 5.23 Å². The van der Waals surface area contributed by atoms with Crippen LogP contribution in [0, 0.1) is 24.3 Å². The molecular formula is C7H8BrN2O2-. The van der Waals surface area contributed by atoms with Gasteiger partial charge in [-0.3, -0.25) is 4.98 Å². The Hall–Kier alpha value is -0.490. The molecule has 0 saturated carbocycles. The number of hydrogen-bond acceptors (Lipinski definition) is 3. The summed E-state index contributed by atoms with van der Waals surface area (Å²) in [5, 5.41) is 20.1. The molecule has 0 aromatic carbocycles. The number of nitrogens with one attached hydrogen (secondary N) is 1. The molecule has 0 atom stereocenters. The van der Waals surface area contributed by atoms with Gasteiger partial charge in [0.05, 0.1) is 5.69 Å². The molecule has 1 rings (SSSR count). The zero-order valence-electron chi connectivity index (χ0n) is 6.72. The van der Waals surface area contributed by atoms with Crippen LogP contribution in [0.2, 0.25) is 0 Å². The summed E-state index contributed by atoms with van der Waals surface area (Å²) in [5.74, 6) is 0. The molecule has 5 heteroatoms. The summed E-state index contributed by atoms with van der Waals surface area (Å²) in [7, 11) is 0. The minimum Gasteiger partial charge on any atom is -0.628 e. The summed E-state index contributed by atoms with van der Waals surface area (Å²) >= 11 is 3.19. The van der Waals surface area contributed by atoms with E-state index in [2.05, 4.69) is 20.9 Å². The Kier molecular flexibility index (Phi) is 2.79. The first kappa shape index (κ1) is 9.60. The van der Waals surface area contributed by atoms with Crippen LogP contribution in [0.1, 0.15) is 11.3 Å². The highest BCUT2D eigenvalue weighted by Gasteiger charge is 2.09. The fraction of sp³-hybridized carbons (Fsp3) is 0.286. The maximum Gasteiger partial charge on any atom is 0.156 e. The molecule has 0 spiro atoms. The van der Waals surface area contributed by atoms with Crippen molar-refractivity contribution in [2.75, 3.05) is 0 Å². The van der Waals surface area contributed by atoms with E-state index in [9.17, 15) is 10.4 Å². The third-order valence-corrected chi connectivity index (χ3v) is 2.47. The first-order valence-corrected chi connectivity index (χ1v) is 4.16. The van der Waals surface area contributed by atoms with Crippen molar-refractivity contribution >= 4 is 21.6 Å². The minimum atomic E-state index is -1.18. The van der Waals surface area contributed by atoms with E-state index in [0.29, 0.717) is 15.7 Å². The summed E-state index contributed by atoms with van der Waals surface area (Å²) < 4.78 is 0.687. The van der Waals surface area contributed by atoms with Gasteiger partial charge in [-0.2, -0.15) is 0 Å². The van der Waals surface area contributed by atoms with Crippen LogP contribution >= 0.6 is 15.9 Å². The van der Waals surface area contributed by atoms with E-state index in [-0.39, 0.29) is 5.69 Å². The lowest BCUT2D eigenvalue weighted by atomic mass is 10.2. The van der Waals surface area contributed by atoms with Crippen molar-refractivity contribution in [3.8, 4) is 0 Å². The van der Waals surface area contributed by atoms with Crippen LogP contribution in [0.4, 0.5) is 5.69 Å². The molecule has 0 unspecified atom stereocenters. The van der Waals surface area contributed by atoms with Gasteiger partial charge in [-0.15, -0.1) is 0 Å². The van der Waals surface area contributed by atoms with Gasteiger partial charge in [0.1, 0.15) is 0 Å². The van der Waals surface area contributed by atoms with Gasteiger partial charge in [-0.25, -0.2) is 0 Å². The van der Waals surface area contributed by atoms with Gasteiger partial charge in [-0.1, -0.05) is 0 Å². The summed E-state index contributed by atoms with van der Waals surface area (Å²) in [6.07, 6.45) is 1.58. The minimum absolute atomic E-state index is 0.171. The van der Waals surface area contributed by atoms with Crippen molar-refractivity contribution in [1.29, 1.82) is 0 Å². The van der Waals surface area contributed by atoms with Crippen LogP contribution in [0.5, 0.6) is 0 Å². The highest BCUT2D eigenvalue weighted by atomic mass is 79.9. The Morgan fingerprint density at radius 1 is 1.42 bits per heavy atom. The largest absolute Gasteiger partial charge is 0.628 e. The standard InChI is InChI=1S/C7H8BrN2O2/c1-4-6(8)3-9-5(2)7(4)10(11)12/h3,10H,1-2H3/q-1. The van der Waals surface area contributed by atoms with Crippen molar-refractivity contribution < 1.29 is 5.23 Å². The third kappa shape index (κ3) is 1.64. The molecule has 0 radical (unpaired) electrons. The number of halogens is 1. The Bertz CT molecular complexity index is 302. The molecular weight excluding hydrogens is 224 g/mol. The molecule has 0 amide bonds. The number of hydrogen-bond donors (Lipinski definition) is 1. The zero-order chi connectivity index (χ0) is 9.30. The lowest BCUT2D eigenvalue weighted by Crippen LogP contribution is -2.96. The normalized spacial score (nSPS) is 10.8. The summed E-state index contributed by atoms with van der Waals surface area (Å²) in [5.41, 5.74) is 1.31. The Labute approximate surface area is 78.5 Å². The van der Waals surface area contributed by atoms with E-state index in [0.717, 1.165) is 0 Å². The van der Waals surface area contributed by atoms with Crippen molar-refractivity contribution in [3.63, 3.8) is 0 Å². The predicted molar refractivity (Wildman–Crippen MR) is 48.8 cm³/mol. The van der Waals surface area contributed by atoms with Gasteiger partial charge in [-0.05, 0) is 29.8 Å². The molecule has 0 saturated heterocycles. The highest BCUT2D eigenvalue weighted by Crippen LogP contribution is 2.21. The number of nitrogens with zero attached hydrogens (tertiary/aromatic N) is 1. The van der Waals surface area contributed by atoms with E-state index < -0.39 is 5.23 Å². The maximum atomic E-state index is 10.6. The molecule has 1 N–H and O–H groups in total. The SMILES string of the molecule is Cc1ncc(Br)c(C)c1[NH+]([O-])[O-]. The molecule has 0 fully saturated rings. The second-order valence-electron chi connectivity index (χ2n) is 2.48. The van der Waals surface area contributed by atoms with Crippen molar-refractivity contribution in [2.24, 2.45) is 0 Å². The smallest absolute Gasteiger partial charge is 0.156 e. The second-order valence-corrected chi connectivity index (χ2v) is 3.33. The Morgan fingerprint density at radius 3 is 2.42 bits per heavy atom. The number of quaternary nitrogens is 1. The average Bonchev–Trinajstić information content (AvgIpc) is 1.97. The van der Waals surface area contributed by atoms with Crippen LogP contribution in [-0.2, 0) is 0 Å². The van der Waals surface area contributed by atoms with Gasteiger partial charge >= 0.3 is 0 Å². The summed E-state index contributed by atoms with van der Waals surface area (Å²) in [6, 6.07) is 0. The van der Waals surface area contributed by atoms with Crippen molar-refractivity contribution in [2.45, 2.75) is 13.8 Å². The lowest BCUT2D eigenvalue weighted by Gasteiger charge is -2.27. The molecule has 1 aromatic heterocycles. The average molecular weight is 232 g/mol. The van der Waals surface area contributed by atoms with Gasteiger partial charge in [0, 0.05) is 16.2 Å². The van der Waals surface area contributed by atoms with Crippen LogP contribution in [0.3, 0.4) is 0 Å². The van der Waals surface area contributed by atoms with E-state index in [4.69, 9.17) is 0 Å². The highest BCUT2D eigenvalue weighted by molar-refractivity contribution is 9.10. The number of aryl methyl sites for hydroxylation is 1. The topological polar surface area (TPSA) is 63.5 Å². The van der Waals surface area contributed by atoms with Crippen molar-refractivity contribution in [3.05, 3.63) is 32.3 Å². The monoisotopic (exact) mass is 231 g/mol. The third-order valence-electron chi connectivity index (χ3n) is 1.67. The fourth-order valence-electron chi connectivity index (χ4n) is 1.01. The predicted octanol–water partition coefficient (Wildman–Crippen LogP) is 0.973. The van der Waals surface area contributed by atoms with Gasteiger partial charge in [0.25, 0.3) is 0 Å². The summed E-state index contributed by atoms with van der Waals surface area (Å²) in [6.45, 7) is 3.36. The number of rotatable bonds is 1. The molecule has 0 aliphatic carbocycles. The van der Waals surface area contributed by atoms with E-state index in [1.165, 1.54) is 0 Å². The van der Waals surface area contributed by atoms with Gasteiger partial charge in [0.15, 0.2) is 5.69 Å². The van der Waals surface area contributed by atoms with E-state index in [1.54, 1.807) is 20.0 Å². The first-order chi connectivity index (χ1) is 5.54. The lowest BCUT2D eigenvalue weighted by molar-refractivity contribution is -0.716. The molecule has 1 heterocycles. The molecule has 66 valence electrons. The summed E-state index contributed by atoms with van der Waals surface area (Å²) in [4.78, 5) is 3.89. The molecule has 0 aliphatic heterocycles. The molecule has 0 bridgehead atoms. The number of pyridine rings is 1. The Balaban J connectivity index is 3.33. The molecule has 4 nitrogen and oxygen atoms in total. The van der Waals surface area contributed by atoms with Crippen LogP contribution in [0.15, 0.2) is 10.7 Å². The zero-order valence-corrected chi connectivity index (χ0v) is 8.31. The number of aromatic nitrogens is 1. The van der Waals surface area contributed by atoms with Crippen molar-refractivity contribution in [1.82, 2.24) is 4.98 Å². The molecule has 0 aliphatic rings. The maximum absolute atomic E-state index is 10.6. The fourth-order valence-corrected chi connectivity index (χ4v) is 1.31. The molecule has 12 heavy (non-hydrogen) atoms. The quantitative estimate of drug-likeness (QED) is 0.734. The molecule has 1 aromatic rings. The van der Waals surface area contributed by atoms with E-state index >= 15 is 0 Å². The first-order valence-electron chi connectivity index (χ1n) is 3.37. The Morgan fingerprint density at radius 2 is 2.00 bits per heavy atom. The second kappa shape index (κ2) is 3.49. The van der Waals surface area contributed by atoms with Crippen LogP contribution in [0.25, 0.3) is 0 Å². The van der Waals surface area contributed by atoms with Gasteiger partial charge < -0.3 is 15.6 Å². The van der Waals surface area contributed by atoms with E-state index in [1.807, 2.05) is 0 Å². The van der Waals surface area contributed by atoms with Crippen LogP contribution in [-0.4, -0.2) is 4.98 Å².